The number of nitrogens with zero attached hydrogens (tertiary/aromatic N) is 1. The van der Waals surface area contributed by atoms with Crippen molar-refractivity contribution in [3.05, 3.63) is 34.4 Å². The molecular weight excluding hydrogens is 194 g/mol. The Morgan fingerprint density at radius 3 is 2.73 bits per heavy atom. The first-order valence-electron chi connectivity index (χ1n) is 4.37. The van der Waals surface area contributed by atoms with Crippen molar-refractivity contribution in [3.63, 3.8) is 0 Å². The number of aliphatic hydroxyl groups excluding tert-OH is 1. The van der Waals surface area contributed by atoms with Crippen molar-refractivity contribution in [1.29, 1.82) is 5.26 Å². The number of carbonyl (C=O) groups excluding carboxylic acids is 1. The average Bonchev–Trinajstić information content (AvgIpc) is 2.27. The van der Waals surface area contributed by atoms with Crippen LogP contribution >= 0.6 is 0 Å². The van der Waals surface area contributed by atoms with Gasteiger partial charge < -0.3 is 9.84 Å². The van der Waals surface area contributed by atoms with Gasteiger partial charge in [0.05, 0.1) is 24.8 Å². The van der Waals surface area contributed by atoms with Gasteiger partial charge in [0, 0.05) is 0 Å². The number of esters is 1. The lowest BCUT2D eigenvalue weighted by molar-refractivity contribution is 0.0600. The highest BCUT2D eigenvalue weighted by Gasteiger charge is 2.15. The van der Waals surface area contributed by atoms with Crippen LogP contribution in [0.15, 0.2) is 12.1 Å². The Balaban J connectivity index is 3.39. The van der Waals surface area contributed by atoms with Gasteiger partial charge in [-0.1, -0.05) is 6.07 Å². The van der Waals surface area contributed by atoms with Crippen LogP contribution in [0.25, 0.3) is 0 Å². The Morgan fingerprint density at radius 1 is 1.60 bits per heavy atom. The van der Waals surface area contributed by atoms with E-state index in [2.05, 4.69) is 4.74 Å². The van der Waals surface area contributed by atoms with E-state index >= 15 is 0 Å². The van der Waals surface area contributed by atoms with Gasteiger partial charge in [-0.2, -0.15) is 5.26 Å². The summed E-state index contributed by atoms with van der Waals surface area (Å²) in [6, 6.07) is 5.04. The molecule has 4 heteroatoms. The molecule has 0 fully saturated rings. The van der Waals surface area contributed by atoms with E-state index in [4.69, 9.17) is 10.4 Å². The third-order valence-corrected chi connectivity index (χ3v) is 2.26. The number of nitriles is 1. The Labute approximate surface area is 87.7 Å². The largest absolute Gasteiger partial charge is 0.465 e. The standard InChI is InChI=1S/C11H11NO3/c1-7-8(6-13)3-4-9(10(7)5-12)11(14)15-2/h3-4,13H,6H2,1-2H3. The number of hydrogen-bond donors (Lipinski definition) is 1. The molecule has 1 aromatic carbocycles. The van der Waals surface area contributed by atoms with Gasteiger partial charge in [-0.15, -0.1) is 0 Å². The van der Waals surface area contributed by atoms with Gasteiger partial charge in [0.15, 0.2) is 0 Å². The summed E-state index contributed by atoms with van der Waals surface area (Å²) < 4.78 is 4.55. The minimum Gasteiger partial charge on any atom is -0.465 e. The van der Waals surface area contributed by atoms with Crippen molar-refractivity contribution in [2.24, 2.45) is 0 Å². The molecule has 1 N–H and O–H groups in total. The molecule has 0 bridgehead atoms. The summed E-state index contributed by atoms with van der Waals surface area (Å²) in [6.45, 7) is 1.54. The summed E-state index contributed by atoms with van der Waals surface area (Å²) in [7, 11) is 1.26. The SMILES string of the molecule is COC(=O)c1ccc(CO)c(C)c1C#N. The van der Waals surface area contributed by atoms with E-state index in [0.717, 1.165) is 0 Å². The van der Waals surface area contributed by atoms with Gasteiger partial charge in [-0.05, 0) is 24.1 Å². The molecule has 0 aromatic heterocycles. The third-order valence-electron chi connectivity index (χ3n) is 2.26. The Kier molecular flexibility index (Phi) is 3.42. The van der Waals surface area contributed by atoms with E-state index in [1.165, 1.54) is 13.2 Å². The van der Waals surface area contributed by atoms with Gasteiger partial charge in [0.1, 0.15) is 6.07 Å². The van der Waals surface area contributed by atoms with Crippen LogP contribution in [0.1, 0.15) is 27.0 Å². The average molecular weight is 205 g/mol. The fraction of sp³-hybridized carbons (Fsp3) is 0.273. The van der Waals surface area contributed by atoms with Crippen molar-refractivity contribution in [2.75, 3.05) is 7.11 Å². The minimum absolute atomic E-state index is 0.151. The fourth-order valence-electron chi connectivity index (χ4n) is 1.35. The number of methoxy groups -OCH3 is 1. The number of rotatable bonds is 2. The first-order valence-corrected chi connectivity index (χ1v) is 4.37. The van der Waals surface area contributed by atoms with Crippen LogP contribution in [0.3, 0.4) is 0 Å². The zero-order chi connectivity index (χ0) is 11.4. The van der Waals surface area contributed by atoms with Crippen molar-refractivity contribution in [2.45, 2.75) is 13.5 Å². The van der Waals surface area contributed by atoms with Crippen LogP contribution in [-0.2, 0) is 11.3 Å². The van der Waals surface area contributed by atoms with Crippen LogP contribution in [-0.4, -0.2) is 18.2 Å². The van der Waals surface area contributed by atoms with E-state index in [0.29, 0.717) is 11.1 Å². The Hall–Kier alpha value is -1.86. The van der Waals surface area contributed by atoms with Crippen molar-refractivity contribution < 1.29 is 14.6 Å². The van der Waals surface area contributed by atoms with Crippen molar-refractivity contribution in [1.82, 2.24) is 0 Å². The highest BCUT2D eigenvalue weighted by atomic mass is 16.5. The molecule has 0 atom stereocenters. The quantitative estimate of drug-likeness (QED) is 0.735. The predicted octanol–water partition coefficient (Wildman–Crippen LogP) is 1.15. The lowest BCUT2D eigenvalue weighted by Gasteiger charge is -2.08. The number of carbonyl (C=O) groups is 1. The topological polar surface area (TPSA) is 70.3 Å². The van der Waals surface area contributed by atoms with Gasteiger partial charge in [-0.3, -0.25) is 0 Å². The first-order chi connectivity index (χ1) is 7.15. The maximum absolute atomic E-state index is 11.3. The van der Waals surface area contributed by atoms with Crippen LogP contribution < -0.4 is 0 Å². The van der Waals surface area contributed by atoms with Crippen LogP contribution in [0.4, 0.5) is 0 Å². The molecular formula is C11H11NO3. The second-order valence-corrected chi connectivity index (χ2v) is 3.03. The smallest absolute Gasteiger partial charge is 0.339 e. The maximum atomic E-state index is 11.3. The third kappa shape index (κ3) is 1.97. The fourth-order valence-corrected chi connectivity index (χ4v) is 1.35. The van der Waals surface area contributed by atoms with Crippen molar-refractivity contribution >= 4 is 5.97 Å². The van der Waals surface area contributed by atoms with Crippen LogP contribution in [0, 0.1) is 18.3 Å². The zero-order valence-electron chi connectivity index (χ0n) is 8.57. The van der Waals surface area contributed by atoms with Gasteiger partial charge in [0.2, 0.25) is 0 Å². The second-order valence-electron chi connectivity index (χ2n) is 3.03. The maximum Gasteiger partial charge on any atom is 0.339 e. The Morgan fingerprint density at radius 2 is 2.27 bits per heavy atom. The molecule has 0 unspecified atom stereocenters. The number of aliphatic hydroxyl groups is 1. The molecule has 0 heterocycles. The summed E-state index contributed by atoms with van der Waals surface area (Å²) in [4.78, 5) is 11.3. The molecule has 1 aromatic rings. The molecule has 15 heavy (non-hydrogen) atoms. The van der Waals surface area contributed by atoms with Gasteiger partial charge in [0.25, 0.3) is 0 Å². The van der Waals surface area contributed by atoms with Crippen LogP contribution in [0.5, 0.6) is 0 Å². The normalized spacial score (nSPS) is 9.47. The molecule has 0 aliphatic carbocycles. The molecule has 0 amide bonds. The van der Waals surface area contributed by atoms with E-state index in [1.807, 2.05) is 6.07 Å². The number of hydrogen-bond acceptors (Lipinski definition) is 4. The molecule has 0 saturated carbocycles. The first kappa shape index (κ1) is 11.2. The van der Waals surface area contributed by atoms with Gasteiger partial charge >= 0.3 is 5.97 Å². The molecule has 0 aliphatic heterocycles. The Bertz CT molecular complexity index is 432. The number of benzene rings is 1. The van der Waals surface area contributed by atoms with Crippen molar-refractivity contribution in [3.8, 4) is 6.07 Å². The van der Waals surface area contributed by atoms with E-state index in [-0.39, 0.29) is 17.7 Å². The lowest BCUT2D eigenvalue weighted by Crippen LogP contribution is -2.07. The molecule has 0 radical (unpaired) electrons. The van der Waals surface area contributed by atoms with Gasteiger partial charge in [-0.25, -0.2) is 4.79 Å². The molecule has 78 valence electrons. The molecule has 0 spiro atoms. The summed E-state index contributed by atoms with van der Waals surface area (Å²) in [5.74, 6) is -0.542. The summed E-state index contributed by atoms with van der Waals surface area (Å²) in [5.41, 5.74) is 1.74. The summed E-state index contributed by atoms with van der Waals surface area (Å²) in [6.07, 6.45) is 0. The van der Waals surface area contributed by atoms with Crippen LogP contribution in [0.2, 0.25) is 0 Å². The summed E-state index contributed by atoms with van der Waals surface area (Å²) in [5, 5.41) is 17.9. The van der Waals surface area contributed by atoms with E-state index in [9.17, 15) is 4.79 Å². The molecule has 1 rings (SSSR count). The monoisotopic (exact) mass is 205 g/mol. The second kappa shape index (κ2) is 4.58. The van der Waals surface area contributed by atoms with E-state index < -0.39 is 5.97 Å². The highest BCUT2D eigenvalue weighted by Crippen LogP contribution is 2.18. The minimum atomic E-state index is -0.542. The molecule has 0 saturated heterocycles. The zero-order valence-corrected chi connectivity index (χ0v) is 8.57. The predicted molar refractivity (Wildman–Crippen MR) is 53.2 cm³/mol. The lowest BCUT2D eigenvalue weighted by atomic mass is 9.98. The number of ether oxygens (including phenoxy) is 1. The molecule has 0 aliphatic rings. The molecule has 4 nitrogen and oxygen atoms in total. The van der Waals surface area contributed by atoms with E-state index in [1.54, 1.807) is 13.0 Å². The summed E-state index contributed by atoms with van der Waals surface area (Å²) >= 11 is 0. The highest BCUT2D eigenvalue weighted by molar-refractivity contribution is 5.92.